The average Bonchev–Trinajstić information content (AvgIpc) is 3.33. The zero-order valence-corrected chi connectivity index (χ0v) is 22.4. The summed E-state index contributed by atoms with van der Waals surface area (Å²) in [5.74, 6) is -0.452. The van der Waals surface area contributed by atoms with Crippen LogP contribution in [0.25, 0.3) is 17.0 Å². The van der Waals surface area contributed by atoms with E-state index in [1.165, 1.54) is 11.3 Å². The monoisotopic (exact) mass is 517 g/mol. The maximum atomic E-state index is 13.9. The van der Waals surface area contributed by atoms with E-state index in [1.807, 2.05) is 81.6 Å². The smallest absolute Gasteiger partial charge is 0.338 e. The van der Waals surface area contributed by atoms with Crippen LogP contribution in [0.5, 0.6) is 0 Å². The summed E-state index contributed by atoms with van der Waals surface area (Å²) in [5, 5.41) is 1.06. The summed E-state index contributed by atoms with van der Waals surface area (Å²) in [6.07, 6.45) is 3.66. The van der Waals surface area contributed by atoms with Gasteiger partial charge in [0, 0.05) is 27.1 Å². The number of aryl methyl sites for hydroxylation is 1. The number of hydrogen-bond donors (Lipinski definition) is 1. The van der Waals surface area contributed by atoms with Gasteiger partial charge in [0.2, 0.25) is 0 Å². The van der Waals surface area contributed by atoms with Crippen molar-refractivity contribution in [1.82, 2.24) is 9.55 Å². The molecule has 0 bridgehead atoms. The molecular formula is C28H27N3O3S2. The number of carbonyl (C=O) groups is 1. The predicted octanol–water partition coefficient (Wildman–Crippen LogP) is 4.70. The Morgan fingerprint density at radius 3 is 2.58 bits per heavy atom. The number of H-pyrrole nitrogens is 1. The van der Waals surface area contributed by atoms with E-state index in [1.54, 1.807) is 23.3 Å². The van der Waals surface area contributed by atoms with Crippen LogP contribution >= 0.6 is 23.1 Å². The van der Waals surface area contributed by atoms with Gasteiger partial charge in [-0.15, -0.1) is 11.8 Å². The molecule has 0 aliphatic carbocycles. The number of benzene rings is 2. The lowest BCUT2D eigenvalue weighted by atomic mass is 9.96. The van der Waals surface area contributed by atoms with Gasteiger partial charge >= 0.3 is 5.97 Å². The molecule has 36 heavy (non-hydrogen) atoms. The zero-order chi connectivity index (χ0) is 25.6. The molecule has 1 atom stereocenters. The minimum atomic E-state index is -0.616. The average molecular weight is 518 g/mol. The number of allylic oxidation sites excluding steroid dienone is 1. The van der Waals surface area contributed by atoms with Gasteiger partial charge in [-0.1, -0.05) is 41.7 Å². The van der Waals surface area contributed by atoms with Crippen molar-refractivity contribution in [3.05, 3.63) is 96.3 Å². The highest BCUT2D eigenvalue weighted by Gasteiger charge is 2.33. The summed E-state index contributed by atoms with van der Waals surface area (Å²) in [7, 11) is 0. The molecule has 1 aliphatic heterocycles. The fraction of sp³-hybridized carbons (Fsp3) is 0.250. The standard InChI is InChI=1S/C28H27N3O3S2/c1-15(2)34-27(33)24-17(4)30-28-31(25(24)18-10-12-19(35-5)13-11-18)26(32)23(36-28)14-21-16(3)29-22-9-7-6-8-20(21)22/h6-15,25,29H,1-5H3/b23-14-/t25-/m0/s1. The van der Waals surface area contributed by atoms with Crippen LogP contribution in [0.3, 0.4) is 0 Å². The summed E-state index contributed by atoms with van der Waals surface area (Å²) in [4.78, 5) is 36.9. The fourth-order valence-corrected chi connectivity index (χ4v) is 6.01. The minimum Gasteiger partial charge on any atom is -0.459 e. The summed E-state index contributed by atoms with van der Waals surface area (Å²) < 4.78 is 7.79. The lowest BCUT2D eigenvalue weighted by Gasteiger charge is -2.25. The molecule has 0 unspecified atom stereocenters. The van der Waals surface area contributed by atoms with Crippen molar-refractivity contribution in [3.63, 3.8) is 0 Å². The van der Waals surface area contributed by atoms with Gasteiger partial charge in [-0.05, 0) is 63.8 Å². The van der Waals surface area contributed by atoms with Crippen molar-refractivity contribution in [2.24, 2.45) is 4.99 Å². The maximum Gasteiger partial charge on any atom is 0.338 e. The number of thiazole rings is 1. The first-order valence-corrected chi connectivity index (χ1v) is 13.8. The fourth-order valence-electron chi connectivity index (χ4n) is 4.58. The van der Waals surface area contributed by atoms with Crippen molar-refractivity contribution in [1.29, 1.82) is 0 Å². The van der Waals surface area contributed by atoms with Crippen LogP contribution < -0.4 is 14.9 Å². The Kier molecular flexibility index (Phi) is 6.49. The maximum absolute atomic E-state index is 13.9. The van der Waals surface area contributed by atoms with Gasteiger partial charge in [0.25, 0.3) is 5.56 Å². The summed E-state index contributed by atoms with van der Waals surface area (Å²) in [6.45, 7) is 7.44. The molecule has 4 aromatic rings. The Bertz CT molecular complexity index is 1690. The number of thioether (sulfide) groups is 1. The number of carbonyl (C=O) groups excluding carboxylic acids is 1. The van der Waals surface area contributed by atoms with Gasteiger partial charge in [-0.3, -0.25) is 9.36 Å². The number of nitrogens with zero attached hydrogens (tertiary/aromatic N) is 2. The number of aromatic nitrogens is 2. The van der Waals surface area contributed by atoms with E-state index in [4.69, 9.17) is 4.74 Å². The van der Waals surface area contributed by atoms with Gasteiger partial charge in [-0.2, -0.15) is 0 Å². The molecule has 0 amide bonds. The molecule has 0 saturated carbocycles. The Balaban J connectivity index is 1.74. The van der Waals surface area contributed by atoms with Crippen LogP contribution in [-0.4, -0.2) is 27.9 Å². The molecule has 6 nitrogen and oxygen atoms in total. The second kappa shape index (κ2) is 9.59. The molecule has 0 fully saturated rings. The molecule has 0 radical (unpaired) electrons. The van der Waals surface area contributed by atoms with Crippen molar-refractivity contribution in [2.45, 2.75) is 44.7 Å². The van der Waals surface area contributed by atoms with E-state index in [2.05, 4.69) is 9.98 Å². The van der Waals surface area contributed by atoms with Crippen LogP contribution in [0.15, 0.2) is 74.5 Å². The highest BCUT2D eigenvalue weighted by Crippen LogP contribution is 2.32. The lowest BCUT2D eigenvalue weighted by molar-refractivity contribution is -0.143. The first-order valence-electron chi connectivity index (χ1n) is 11.7. The van der Waals surface area contributed by atoms with Crippen molar-refractivity contribution >= 4 is 46.0 Å². The van der Waals surface area contributed by atoms with Crippen molar-refractivity contribution in [3.8, 4) is 0 Å². The summed E-state index contributed by atoms with van der Waals surface area (Å²) in [5.41, 5.74) is 4.61. The topological polar surface area (TPSA) is 76.4 Å². The van der Waals surface area contributed by atoms with Crippen LogP contribution in [-0.2, 0) is 9.53 Å². The molecular weight excluding hydrogens is 490 g/mol. The Labute approximate surface area is 217 Å². The van der Waals surface area contributed by atoms with Crippen LogP contribution in [0.4, 0.5) is 0 Å². The third-order valence-corrected chi connectivity index (χ3v) is 7.96. The number of aromatic amines is 1. The first kappa shape index (κ1) is 24.3. The molecule has 8 heteroatoms. The van der Waals surface area contributed by atoms with Crippen molar-refractivity contribution < 1.29 is 9.53 Å². The second-order valence-corrected chi connectivity index (χ2v) is 10.9. The highest BCUT2D eigenvalue weighted by atomic mass is 32.2. The SMILES string of the molecule is CSc1ccc([C@H]2C(C(=O)OC(C)C)=C(C)N=c3s/c(=C\c4c(C)[nH]c5ccccc45)c(=O)n32)cc1. The van der Waals surface area contributed by atoms with Gasteiger partial charge in [0.1, 0.15) is 0 Å². The molecule has 3 heterocycles. The molecule has 2 aromatic carbocycles. The normalized spacial score (nSPS) is 15.9. The first-order chi connectivity index (χ1) is 17.3. The van der Waals surface area contributed by atoms with Gasteiger partial charge in [0.05, 0.1) is 27.9 Å². The van der Waals surface area contributed by atoms with Gasteiger partial charge in [0.15, 0.2) is 4.80 Å². The molecule has 0 spiro atoms. The number of para-hydroxylation sites is 1. The Morgan fingerprint density at radius 1 is 1.17 bits per heavy atom. The Hall–Kier alpha value is -3.36. The number of hydrogen-bond acceptors (Lipinski definition) is 6. The lowest BCUT2D eigenvalue weighted by Crippen LogP contribution is -2.40. The van der Waals surface area contributed by atoms with E-state index in [-0.39, 0.29) is 11.7 Å². The van der Waals surface area contributed by atoms with E-state index in [0.717, 1.165) is 32.6 Å². The minimum absolute atomic E-state index is 0.176. The summed E-state index contributed by atoms with van der Waals surface area (Å²) >= 11 is 2.98. The molecule has 1 aliphatic rings. The number of nitrogens with one attached hydrogen (secondary N) is 1. The number of rotatable bonds is 5. The van der Waals surface area contributed by atoms with Gasteiger partial charge in [-0.25, -0.2) is 9.79 Å². The quantitative estimate of drug-likeness (QED) is 0.308. The van der Waals surface area contributed by atoms with Crippen LogP contribution in [0, 0.1) is 6.92 Å². The largest absolute Gasteiger partial charge is 0.459 e. The molecule has 1 N–H and O–H groups in total. The Morgan fingerprint density at radius 2 is 1.89 bits per heavy atom. The number of ether oxygens (including phenoxy) is 1. The van der Waals surface area contributed by atoms with E-state index in [0.29, 0.717) is 20.6 Å². The predicted molar refractivity (Wildman–Crippen MR) is 146 cm³/mol. The zero-order valence-electron chi connectivity index (χ0n) is 20.8. The number of esters is 1. The van der Waals surface area contributed by atoms with E-state index in [9.17, 15) is 9.59 Å². The van der Waals surface area contributed by atoms with E-state index >= 15 is 0 Å². The third-order valence-electron chi connectivity index (χ3n) is 6.23. The van der Waals surface area contributed by atoms with Crippen LogP contribution in [0.1, 0.15) is 43.6 Å². The second-order valence-electron chi connectivity index (χ2n) is 9.02. The molecule has 184 valence electrons. The molecule has 0 saturated heterocycles. The van der Waals surface area contributed by atoms with E-state index < -0.39 is 12.0 Å². The van der Waals surface area contributed by atoms with Crippen molar-refractivity contribution in [2.75, 3.05) is 6.26 Å². The highest BCUT2D eigenvalue weighted by molar-refractivity contribution is 7.98. The van der Waals surface area contributed by atoms with Gasteiger partial charge < -0.3 is 9.72 Å². The third kappa shape index (κ3) is 4.24. The number of fused-ring (bicyclic) bond motifs is 2. The summed E-state index contributed by atoms with van der Waals surface area (Å²) in [6, 6.07) is 15.4. The molecule has 2 aromatic heterocycles. The van der Waals surface area contributed by atoms with Crippen LogP contribution in [0.2, 0.25) is 0 Å². The molecule has 5 rings (SSSR count).